The van der Waals surface area contributed by atoms with Crippen LogP contribution in [0.5, 0.6) is 0 Å². The van der Waals surface area contributed by atoms with E-state index in [4.69, 9.17) is 5.84 Å². The van der Waals surface area contributed by atoms with Crippen molar-refractivity contribution in [3.63, 3.8) is 0 Å². The van der Waals surface area contributed by atoms with Gasteiger partial charge in [0.25, 0.3) is 0 Å². The van der Waals surface area contributed by atoms with Gasteiger partial charge in [-0.15, -0.1) is 0 Å². The molecule has 4 N–H and O–H groups in total. The molecule has 0 atom stereocenters. The summed E-state index contributed by atoms with van der Waals surface area (Å²) in [5, 5.41) is 7.96. The first-order valence-corrected chi connectivity index (χ1v) is 4.94. The zero-order valence-electron chi connectivity index (χ0n) is 7.93. The third kappa shape index (κ3) is 2.05. The van der Waals surface area contributed by atoms with E-state index in [0.717, 1.165) is 10.6 Å². The van der Waals surface area contributed by atoms with Crippen LogP contribution in [0.25, 0.3) is 0 Å². The maximum Gasteiger partial charge on any atom is 0.189 e. The van der Waals surface area contributed by atoms with Crippen LogP contribution in [0.1, 0.15) is 5.56 Å². The third-order valence-electron chi connectivity index (χ3n) is 1.76. The molecular weight excluding hydrogens is 214 g/mol. The highest BCUT2D eigenvalue weighted by Gasteiger charge is 2.08. The van der Waals surface area contributed by atoms with Crippen LogP contribution in [0, 0.1) is 6.92 Å². The lowest BCUT2D eigenvalue weighted by molar-refractivity contribution is 0.952. The molecule has 0 amide bonds. The Labute approximate surface area is 89.9 Å². The number of anilines is 1. The van der Waals surface area contributed by atoms with Crippen LogP contribution >= 0.6 is 11.8 Å². The zero-order chi connectivity index (χ0) is 10.7. The summed E-state index contributed by atoms with van der Waals surface area (Å²) in [6, 6.07) is 0. The van der Waals surface area contributed by atoms with Gasteiger partial charge in [0.05, 0.1) is 0 Å². The number of nitrogens with two attached hydrogens (primary N) is 1. The topological polar surface area (TPSA) is 105 Å². The fourth-order valence-electron chi connectivity index (χ4n) is 1.02. The van der Waals surface area contributed by atoms with Crippen LogP contribution in [0.15, 0.2) is 22.8 Å². The number of H-pyrrole nitrogens is 1. The molecule has 8 heteroatoms. The Morgan fingerprint density at radius 1 is 1.33 bits per heavy atom. The van der Waals surface area contributed by atoms with E-state index >= 15 is 0 Å². The second-order valence-electron chi connectivity index (χ2n) is 2.69. The number of hydrazine groups is 1. The van der Waals surface area contributed by atoms with Gasteiger partial charge in [-0.3, -0.25) is 5.10 Å². The summed E-state index contributed by atoms with van der Waals surface area (Å²) < 4.78 is 0. The molecule has 0 bridgehead atoms. The van der Waals surface area contributed by atoms with Gasteiger partial charge < -0.3 is 5.43 Å². The molecule has 0 aromatic carbocycles. The maximum atomic E-state index is 5.31. The molecule has 0 aliphatic rings. The fraction of sp³-hybridized carbons (Fsp3) is 0.143. The molecule has 2 heterocycles. The van der Waals surface area contributed by atoms with Gasteiger partial charge in [-0.1, -0.05) is 0 Å². The lowest BCUT2D eigenvalue weighted by atomic mass is 10.3. The van der Waals surface area contributed by atoms with Crippen molar-refractivity contribution in [3.05, 3.63) is 18.2 Å². The van der Waals surface area contributed by atoms with Crippen LogP contribution in [0.3, 0.4) is 0 Å². The van der Waals surface area contributed by atoms with Crippen molar-refractivity contribution in [1.29, 1.82) is 0 Å². The van der Waals surface area contributed by atoms with E-state index in [1.165, 1.54) is 24.4 Å². The van der Waals surface area contributed by atoms with E-state index in [1.54, 1.807) is 0 Å². The van der Waals surface area contributed by atoms with Crippen LogP contribution in [0.4, 0.5) is 5.82 Å². The summed E-state index contributed by atoms with van der Waals surface area (Å²) >= 11 is 1.37. The van der Waals surface area contributed by atoms with E-state index in [-0.39, 0.29) is 0 Å². The smallest absolute Gasteiger partial charge is 0.189 e. The number of nitrogens with one attached hydrogen (secondary N) is 2. The highest BCUT2D eigenvalue weighted by atomic mass is 32.2. The molecule has 78 valence electrons. The molecule has 15 heavy (non-hydrogen) atoms. The molecule has 0 saturated heterocycles. The first kappa shape index (κ1) is 9.87. The minimum Gasteiger partial charge on any atom is -0.308 e. The van der Waals surface area contributed by atoms with E-state index < -0.39 is 0 Å². The molecule has 0 spiro atoms. The quantitative estimate of drug-likeness (QED) is 0.391. The van der Waals surface area contributed by atoms with Gasteiger partial charge in [0, 0.05) is 5.56 Å². The van der Waals surface area contributed by atoms with Gasteiger partial charge in [0.1, 0.15) is 23.5 Å². The van der Waals surface area contributed by atoms with Crippen molar-refractivity contribution in [3.8, 4) is 0 Å². The van der Waals surface area contributed by atoms with Crippen molar-refractivity contribution >= 4 is 17.6 Å². The summed E-state index contributed by atoms with van der Waals surface area (Å²) in [5.41, 5.74) is 3.38. The molecule has 7 nitrogen and oxygen atoms in total. The minimum absolute atomic E-state index is 0.604. The monoisotopic (exact) mass is 223 g/mol. The van der Waals surface area contributed by atoms with Crippen LogP contribution in [-0.2, 0) is 0 Å². The van der Waals surface area contributed by atoms with E-state index in [0.29, 0.717) is 11.0 Å². The highest BCUT2D eigenvalue weighted by molar-refractivity contribution is 7.99. The number of nitrogens with zero attached hydrogens (tertiary/aromatic N) is 4. The molecule has 0 radical (unpaired) electrons. The summed E-state index contributed by atoms with van der Waals surface area (Å²) in [5.74, 6) is 5.91. The Morgan fingerprint density at radius 3 is 2.87 bits per heavy atom. The predicted octanol–water partition coefficient (Wildman–Crippen LogP) is 0.340. The first-order valence-electron chi connectivity index (χ1n) is 4.12. The number of nitrogen functional groups attached to an aromatic ring is 1. The number of aromatic amines is 1. The lowest BCUT2D eigenvalue weighted by Gasteiger charge is -2.05. The summed E-state index contributed by atoms with van der Waals surface area (Å²) in [6.07, 6.45) is 2.89. The number of rotatable bonds is 3. The van der Waals surface area contributed by atoms with Gasteiger partial charge in [-0.05, 0) is 18.7 Å². The Balaban J connectivity index is 2.29. The number of hydrogen-bond acceptors (Lipinski definition) is 7. The molecule has 2 rings (SSSR count). The second kappa shape index (κ2) is 4.24. The SMILES string of the molecule is Cc1c(NN)ncnc1Sc1ncn[nH]1. The molecule has 0 unspecified atom stereocenters. The summed E-state index contributed by atoms with van der Waals surface area (Å²) in [6.45, 7) is 1.88. The average Bonchev–Trinajstić information content (AvgIpc) is 2.74. The number of aromatic nitrogens is 5. The molecular formula is C7H9N7S. The summed E-state index contributed by atoms with van der Waals surface area (Å²) in [4.78, 5) is 12.1. The Kier molecular flexibility index (Phi) is 2.79. The van der Waals surface area contributed by atoms with Crippen molar-refractivity contribution < 1.29 is 0 Å². The Bertz CT molecular complexity index is 441. The average molecular weight is 223 g/mol. The number of hydrogen-bond donors (Lipinski definition) is 3. The van der Waals surface area contributed by atoms with E-state index in [9.17, 15) is 0 Å². The molecule has 0 aliphatic heterocycles. The van der Waals surface area contributed by atoms with Crippen molar-refractivity contribution in [2.45, 2.75) is 17.1 Å². The first-order chi connectivity index (χ1) is 7.31. The standard InChI is InChI=1S/C7H9N7S/c1-4-5(13-8)9-2-10-6(4)15-7-11-3-12-14-7/h2-3H,8H2,1H3,(H,9,10,13)(H,11,12,14). The molecule has 2 aromatic heterocycles. The highest BCUT2D eigenvalue weighted by Crippen LogP contribution is 2.27. The zero-order valence-corrected chi connectivity index (χ0v) is 8.75. The maximum absolute atomic E-state index is 5.31. The van der Waals surface area contributed by atoms with Gasteiger partial charge in [-0.2, -0.15) is 5.10 Å². The van der Waals surface area contributed by atoms with Gasteiger partial charge in [0.2, 0.25) is 0 Å². The van der Waals surface area contributed by atoms with Crippen molar-refractivity contribution in [2.75, 3.05) is 5.43 Å². The molecule has 2 aromatic rings. The van der Waals surface area contributed by atoms with Crippen LogP contribution < -0.4 is 11.3 Å². The van der Waals surface area contributed by atoms with E-state index in [1.807, 2.05) is 6.92 Å². The van der Waals surface area contributed by atoms with Gasteiger partial charge >= 0.3 is 0 Å². The van der Waals surface area contributed by atoms with E-state index in [2.05, 4.69) is 30.6 Å². The Morgan fingerprint density at radius 2 is 2.20 bits per heavy atom. The molecule has 0 fully saturated rings. The minimum atomic E-state index is 0.604. The third-order valence-corrected chi connectivity index (χ3v) is 2.76. The summed E-state index contributed by atoms with van der Waals surface area (Å²) in [7, 11) is 0. The van der Waals surface area contributed by atoms with Crippen molar-refractivity contribution in [2.24, 2.45) is 5.84 Å². The fourth-order valence-corrected chi connectivity index (χ4v) is 1.75. The van der Waals surface area contributed by atoms with Crippen molar-refractivity contribution in [1.82, 2.24) is 25.1 Å². The van der Waals surface area contributed by atoms with Gasteiger partial charge in [0.15, 0.2) is 5.16 Å². The Hall–Kier alpha value is -1.67. The molecule has 0 saturated carbocycles. The normalized spacial score (nSPS) is 10.3. The van der Waals surface area contributed by atoms with Crippen LogP contribution in [-0.4, -0.2) is 25.1 Å². The van der Waals surface area contributed by atoms with Crippen LogP contribution in [0.2, 0.25) is 0 Å². The predicted molar refractivity (Wildman–Crippen MR) is 55.1 cm³/mol. The largest absolute Gasteiger partial charge is 0.308 e. The lowest BCUT2D eigenvalue weighted by Crippen LogP contribution is -2.10. The second-order valence-corrected chi connectivity index (χ2v) is 3.67. The molecule has 0 aliphatic carbocycles. The van der Waals surface area contributed by atoms with Gasteiger partial charge in [-0.25, -0.2) is 20.8 Å².